The highest BCUT2D eigenvalue weighted by molar-refractivity contribution is 7.85. The summed E-state index contributed by atoms with van der Waals surface area (Å²) in [7, 11) is -1.61. The molecule has 1 heterocycles. The van der Waals surface area contributed by atoms with Crippen LogP contribution in [0.4, 0.5) is 5.69 Å². The van der Waals surface area contributed by atoms with E-state index in [1.54, 1.807) is 59.5 Å². The molecular formula is C27H27ClN2O5S. The van der Waals surface area contributed by atoms with Gasteiger partial charge in [0.25, 0.3) is 11.8 Å². The number of anilines is 1. The number of ether oxygens (including phenoxy) is 2. The van der Waals surface area contributed by atoms with E-state index in [2.05, 4.69) is 5.32 Å². The average Bonchev–Trinajstić information content (AvgIpc) is 2.97. The number of benzene rings is 3. The van der Waals surface area contributed by atoms with Crippen LogP contribution in [0.2, 0.25) is 5.02 Å². The quantitative estimate of drug-likeness (QED) is 0.405. The van der Waals surface area contributed by atoms with Gasteiger partial charge in [0.05, 0.1) is 44.9 Å². The Kier molecular flexibility index (Phi) is 8.53. The van der Waals surface area contributed by atoms with Crippen molar-refractivity contribution >= 4 is 39.9 Å². The van der Waals surface area contributed by atoms with Crippen LogP contribution in [0.15, 0.2) is 76.5 Å². The monoisotopic (exact) mass is 526 g/mol. The van der Waals surface area contributed by atoms with Gasteiger partial charge in [-0.2, -0.15) is 0 Å². The highest BCUT2D eigenvalue weighted by atomic mass is 35.5. The molecule has 0 saturated carbocycles. The molecule has 9 heteroatoms. The van der Waals surface area contributed by atoms with E-state index in [4.69, 9.17) is 21.1 Å². The summed E-state index contributed by atoms with van der Waals surface area (Å²) in [6.07, 6.45) is -0.562. The van der Waals surface area contributed by atoms with Crippen LogP contribution in [0.1, 0.15) is 40.1 Å². The summed E-state index contributed by atoms with van der Waals surface area (Å²) in [6.45, 7) is 4.96. The molecule has 0 fully saturated rings. The second kappa shape index (κ2) is 11.8. The smallest absolute Gasteiger partial charge is 0.259 e. The first-order valence-corrected chi connectivity index (χ1v) is 13.2. The predicted octanol–water partition coefficient (Wildman–Crippen LogP) is 4.80. The molecule has 1 atom stereocenters. The molecule has 0 radical (unpaired) electrons. The van der Waals surface area contributed by atoms with Gasteiger partial charge in [0.2, 0.25) is 0 Å². The number of carbonyl (C=O) groups excluding carboxylic acids is 2. The Labute approximate surface area is 217 Å². The van der Waals surface area contributed by atoms with Crippen molar-refractivity contribution in [2.75, 3.05) is 24.7 Å². The van der Waals surface area contributed by atoms with Gasteiger partial charge < -0.3 is 19.7 Å². The maximum atomic E-state index is 13.7. The van der Waals surface area contributed by atoms with Gasteiger partial charge in [0.1, 0.15) is 0 Å². The highest BCUT2D eigenvalue weighted by Gasteiger charge is 2.31. The van der Waals surface area contributed by atoms with Crippen molar-refractivity contribution in [1.29, 1.82) is 0 Å². The van der Waals surface area contributed by atoms with Crippen LogP contribution in [0.5, 0.6) is 0 Å². The zero-order chi connectivity index (χ0) is 25.7. The summed E-state index contributed by atoms with van der Waals surface area (Å²) in [6, 6.07) is 18.9. The van der Waals surface area contributed by atoms with E-state index in [0.29, 0.717) is 44.8 Å². The maximum Gasteiger partial charge on any atom is 0.259 e. The molecule has 3 aromatic carbocycles. The summed E-state index contributed by atoms with van der Waals surface area (Å²) in [5, 5.41) is 3.36. The molecule has 1 N–H and O–H groups in total. The highest BCUT2D eigenvalue weighted by Crippen LogP contribution is 2.36. The van der Waals surface area contributed by atoms with Crippen LogP contribution < -0.4 is 10.2 Å². The molecule has 1 aliphatic rings. The molecule has 188 valence electrons. The zero-order valence-corrected chi connectivity index (χ0v) is 21.6. The molecule has 36 heavy (non-hydrogen) atoms. The molecule has 7 nitrogen and oxygen atoms in total. The lowest BCUT2D eigenvalue weighted by atomic mass is 10.1. The largest absolute Gasteiger partial charge is 0.351 e. The van der Waals surface area contributed by atoms with Crippen molar-refractivity contribution < 1.29 is 23.3 Å². The predicted molar refractivity (Wildman–Crippen MR) is 139 cm³/mol. The van der Waals surface area contributed by atoms with Gasteiger partial charge in [-0.1, -0.05) is 35.9 Å². The Bertz CT molecular complexity index is 1290. The van der Waals surface area contributed by atoms with Gasteiger partial charge in [0.15, 0.2) is 6.29 Å². The molecule has 0 aliphatic carbocycles. The molecule has 4 rings (SSSR count). The Balaban J connectivity index is 1.72. The number of halogens is 1. The minimum Gasteiger partial charge on any atom is -0.351 e. The molecular weight excluding hydrogens is 500 g/mol. The maximum absolute atomic E-state index is 13.7. The number of fused-ring (bicyclic) bond motifs is 2. The molecule has 1 unspecified atom stereocenters. The van der Waals surface area contributed by atoms with Crippen LogP contribution in [0, 0.1) is 0 Å². The Morgan fingerprint density at radius 1 is 1.00 bits per heavy atom. The summed E-state index contributed by atoms with van der Waals surface area (Å²) >= 11 is 6.18. The fraction of sp³-hybridized carbons (Fsp3) is 0.259. The van der Waals surface area contributed by atoms with Gasteiger partial charge in [-0.15, -0.1) is 0 Å². The Hall–Kier alpha value is -3.04. The summed E-state index contributed by atoms with van der Waals surface area (Å²) in [5.41, 5.74) is 1.90. The van der Waals surface area contributed by atoms with Gasteiger partial charge in [-0.05, 0) is 61.9 Å². The standard InChI is InChI=1S/C27H27ClN2O5S/c1-3-34-25(35-4-2)16-29-26(31)19-12-13-24-22(15-19)30(17-18-8-7-9-20(28)14-18)27(32)21-10-5-6-11-23(21)36(24)33/h5-15,25H,3-4,16-17H2,1-2H3,(H,29,31). The first kappa shape index (κ1) is 26.0. The van der Waals surface area contributed by atoms with Gasteiger partial charge >= 0.3 is 0 Å². The SMILES string of the molecule is CCOC(CNC(=O)c1ccc2c(c1)N(Cc1cccc(Cl)c1)C(=O)c1ccccc1S2=O)OCC. The lowest BCUT2D eigenvalue weighted by Crippen LogP contribution is -2.35. The van der Waals surface area contributed by atoms with Crippen LogP contribution in [0.25, 0.3) is 0 Å². The van der Waals surface area contributed by atoms with Crippen molar-refractivity contribution in [3.63, 3.8) is 0 Å². The number of hydrogen-bond acceptors (Lipinski definition) is 5. The van der Waals surface area contributed by atoms with E-state index < -0.39 is 17.1 Å². The molecule has 2 amide bonds. The lowest BCUT2D eigenvalue weighted by molar-refractivity contribution is -0.131. The fourth-order valence-electron chi connectivity index (χ4n) is 4.00. The van der Waals surface area contributed by atoms with Crippen molar-refractivity contribution in [2.45, 2.75) is 36.5 Å². The van der Waals surface area contributed by atoms with Gasteiger partial charge in [-0.3, -0.25) is 9.59 Å². The normalized spacial score (nSPS) is 14.8. The van der Waals surface area contributed by atoms with E-state index in [-0.39, 0.29) is 24.9 Å². The lowest BCUT2D eigenvalue weighted by Gasteiger charge is -2.24. The molecule has 0 aromatic heterocycles. The van der Waals surface area contributed by atoms with Crippen molar-refractivity contribution in [3.05, 3.63) is 88.4 Å². The molecule has 0 bridgehead atoms. The van der Waals surface area contributed by atoms with Gasteiger partial charge in [-0.25, -0.2) is 4.21 Å². The molecule has 0 spiro atoms. The second-order valence-corrected chi connectivity index (χ2v) is 9.87. The number of amides is 2. The first-order valence-electron chi connectivity index (χ1n) is 11.7. The second-order valence-electron chi connectivity index (χ2n) is 8.02. The summed E-state index contributed by atoms with van der Waals surface area (Å²) in [5.74, 6) is -0.659. The third kappa shape index (κ3) is 5.68. The summed E-state index contributed by atoms with van der Waals surface area (Å²) < 4.78 is 24.5. The number of nitrogens with zero attached hydrogens (tertiary/aromatic N) is 1. The third-order valence-corrected chi connectivity index (χ3v) is 7.37. The van der Waals surface area contributed by atoms with Crippen molar-refractivity contribution in [1.82, 2.24) is 5.32 Å². The average molecular weight is 527 g/mol. The fourth-order valence-corrected chi connectivity index (χ4v) is 5.55. The zero-order valence-electron chi connectivity index (χ0n) is 20.0. The number of carbonyl (C=O) groups is 2. The minimum absolute atomic E-state index is 0.167. The van der Waals surface area contributed by atoms with Crippen LogP contribution in [-0.2, 0) is 26.8 Å². The van der Waals surface area contributed by atoms with Crippen molar-refractivity contribution in [2.24, 2.45) is 0 Å². The van der Waals surface area contributed by atoms with Gasteiger partial charge in [0, 0.05) is 23.8 Å². The van der Waals surface area contributed by atoms with E-state index in [9.17, 15) is 13.8 Å². The summed E-state index contributed by atoms with van der Waals surface area (Å²) in [4.78, 5) is 29.1. The first-order chi connectivity index (χ1) is 17.4. The molecule has 3 aromatic rings. The molecule has 0 saturated heterocycles. The van der Waals surface area contributed by atoms with E-state index in [1.165, 1.54) is 0 Å². The van der Waals surface area contributed by atoms with Crippen LogP contribution in [0.3, 0.4) is 0 Å². The number of hydrogen-bond donors (Lipinski definition) is 1. The Morgan fingerprint density at radius 2 is 1.75 bits per heavy atom. The number of rotatable bonds is 9. The third-order valence-electron chi connectivity index (χ3n) is 5.64. The molecule has 1 aliphatic heterocycles. The van der Waals surface area contributed by atoms with Crippen LogP contribution in [-0.4, -0.2) is 42.1 Å². The topological polar surface area (TPSA) is 84.9 Å². The van der Waals surface area contributed by atoms with E-state index >= 15 is 0 Å². The number of nitrogens with one attached hydrogen (secondary N) is 1. The van der Waals surface area contributed by atoms with Crippen molar-refractivity contribution in [3.8, 4) is 0 Å². The van der Waals surface area contributed by atoms with E-state index in [0.717, 1.165) is 5.56 Å². The van der Waals surface area contributed by atoms with Crippen LogP contribution >= 0.6 is 11.6 Å². The van der Waals surface area contributed by atoms with E-state index in [1.807, 2.05) is 26.0 Å². The Morgan fingerprint density at radius 3 is 2.47 bits per heavy atom. The minimum atomic E-state index is -1.61.